The summed E-state index contributed by atoms with van der Waals surface area (Å²) in [6, 6.07) is 0.0910. The molecule has 0 spiro atoms. The quantitative estimate of drug-likeness (QED) is 0.674. The van der Waals surface area contributed by atoms with Crippen LogP contribution in [-0.2, 0) is 4.79 Å². The van der Waals surface area contributed by atoms with Crippen molar-refractivity contribution in [3.05, 3.63) is 0 Å². The van der Waals surface area contributed by atoms with Gasteiger partial charge in [0.25, 0.3) is 0 Å². The van der Waals surface area contributed by atoms with Crippen molar-refractivity contribution < 1.29 is 15.0 Å². The topological polar surface area (TPSA) is 60.8 Å². The smallest absolute Gasteiger partial charge is 0.149 e. The Balaban J connectivity index is 1.90. The number of piperidine rings is 1. The maximum Gasteiger partial charge on any atom is 0.149 e. The summed E-state index contributed by atoms with van der Waals surface area (Å²) in [5.41, 5.74) is -0.905. The standard InChI is InChI=1S/C11H19NO3/c13-8-11(15)4-6-12(7-5-11)9-2-1-3-10(9)14/h9,13,15H,1-8H2. The van der Waals surface area contributed by atoms with Crippen LogP contribution < -0.4 is 0 Å². The Morgan fingerprint density at radius 1 is 1.40 bits per heavy atom. The van der Waals surface area contributed by atoms with Crippen molar-refractivity contribution >= 4 is 5.78 Å². The number of aliphatic hydroxyl groups is 2. The number of Topliss-reactive ketones (excluding diaryl/α,β-unsaturated/α-hetero) is 1. The van der Waals surface area contributed by atoms with Gasteiger partial charge in [-0.1, -0.05) is 0 Å². The van der Waals surface area contributed by atoms with Crippen LogP contribution in [0.2, 0.25) is 0 Å². The van der Waals surface area contributed by atoms with Crippen LogP contribution in [0.3, 0.4) is 0 Å². The van der Waals surface area contributed by atoms with Crippen LogP contribution >= 0.6 is 0 Å². The van der Waals surface area contributed by atoms with E-state index >= 15 is 0 Å². The lowest BCUT2D eigenvalue weighted by atomic mass is 9.91. The van der Waals surface area contributed by atoms with E-state index in [2.05, 4.69) is 4.90 Å². The van der Waals surface area contributed by atoms with Gasteiger partial charge in [0.15, 0.2) is 0 Å². The lowest BCUT2D eigenvalue weighted by Gasteiger charge is -2.39. The van der Waals surface area contributed by atoms with Gasteiger partial charge < -0.3 is 10.2 Å². The first-order valence-electron chi connectivity index (χ1n) is 5.75. The lowest BCUT2D eigenvalue weighted by Crippen LogP contribution is -2.50. The summed E-state index contributed by atoms with van der Waals surface area (Å²) in [5.74, 6) is 0.351. The highest BCUT2D eigenvalue weighted by atomic mass is 16.3. The average molecular weight is 213 g/mol. The van der Waals surface area contributed by atoms with Crippen LogP contribution in [0, 0.1) is 0 Å². The van der Waals surface area contributed by atoms with Crippen LogP contribution in [-0.4, -0.2) is 52.2 Å². The Bertz CT molecular complexity index is 246. The molecule has 0 aromatic carbocycles. The summed E-state index contributed by atoms with van der Waals surface area (Å²) in [4.78, 5) is 13.7. The highest BCUT2D eigenvalue weighted by Gasteiger charge is 2.37. The highest BCUT2D eigenvalue weighted by molar-refractivity contribution is 5.85. The number of carbonyl (C=O) groups is 1. The van der Waals surface area contributed by atoms with Gasteiger partial charge in [0.1, 0.15) is 5.78 Å². The van der Waals surface area contributed by atoms with Crippen LogP contribution in [0.4, 0.5) is 0 Å². The van der Waals surface area contributed by atoms with Crippen LogP contribution in [0.1, 0.15) is 32.1 Å². The van der Waals surface area contributed by atoms with E-state index in [4.69, 9.17) is 5.11 Å². The van der Waals surface area contributed by atoms with E-state index in [9.17, 15) is 9.90 Å². The molecule has 1 unspecified atom stereocenters. The summed E-state index contributed by atoms with van der Waals surface area (Å²) in [6.07, 6.45) is 3.84. The number of ketones is 1. The van der Waals surface area contributed by atoms with Gasteiger partial charge in [0.2, 0.25) is 0 Å². The Labute approximate surface area is 89.9 Å². The molecule has 2 N–H and O–H groups in total. The van der Waals surface area contributed by atoms with Crippen LogP contribution in [0.5, 0.6) is 0 Å². The molecule has 2 fully saturated rings. The Morgan fingerprint density at radius 3 is 2.53 bits per heavy atom. The fraction of sp³-hybridized carbons (Fsp3) is 0.909. The van der Waals surface area contributed by atoms with Crippen molar-refractivity contribution in [3.63, 3.8) is 0 Å². The lowest BCUT2D eigenvalue weighted by molar-refractivity contribution is -0.124. The fourth-order valence-electron chi connectivity index (χ4n) is 2.59. The first kappa shape index (κ1) is 11.0. The van der Waals surface area contributed by atoms with Gasteiger partial charge in [0, 0.05) is 19.5 Å². The number of aliphatic hydroxyl groups excluding tert-OH is 1. The molecule has 1 heterocycles. The zero-order valence-electron chi connectivity index (χ0n) is 8.98. The van der Waals surface area contributed by atoms with Crippen LogP contribution in [0.15, 0.2) is 0 Å². The van der Waals surface area contributed by atoms with Crippen molar-refractivity contribution in [2.24, 2.45) is 0 Å². The molecule has 0 aromatic heterocycles. The van der Waals surface area contributed by atoms with Gasteiger partial charge in [-0.05, 0) is 25.7 Å². The maximum atomic E-state index is 11.6. The minimum absolute atomic E-state index is 0.0910. The van der Waals surface area contributed by atoms with Gasteiger partial charge in [0.05, 0.1) is 18.2 Å². The predicted molar refractivity (Wildman–Crippen MR) is 55.5 cm³/mol. The van der Waals surface area contributed by atoms with Crippen LogP contribution in [0.25, 0.3) is 0 Å². The molecule has 1 saturated heterocycles. The van der Waals surface area contributed by atoms with Gasteiger partial charge in [-0.2, -0.15) is 0 Å². The number of carbonyl (C=O) groups excluding carboxylic acids is 1. The first-order chi connectivity index (χ1) is 7.14. The van der Waals surface area contributed by atoms with Crippen molar-refractivity contribution in [3.8, 4) is 0 Å². The summed E-state index contributed by atoms with van der Waals surface area (Å²) >= 11 is 0. The van der Waals surface area contributed by atoms with Crippen molar-refractivity contribution in [2.45, 2.75) is 43.7 Å². The second kappa shape index (κ2) is 4.20. The molecule has 15 heavy (non-hydrogen) atoms. The van der Waals surface area contributed by atoms with Gasteiger partial charge in [-0.15, -0.1) is 0 Å². The van der Waals surface area contributed by atoms with E-state index in [0.717, 1.165) is 25.9 Å². The number of rotatable bonds is 2. The number of nitrogens with zero attached hydrogens (tertiary/aromatic N) is 1. The van der Waals surface area contributed by atoms with E-state index in [0.29, 0.717) is 25.0 Å². The number of hydrogen-bond donors (Lipinski definition) is 2. The second-order valence-corrected chi connectivity index (χ2v) is 4.79. The molecule has 1 atom stereocenters. The van der Waals surface area contributed by atoms with E-state index in [1.807, 2.05) is 0 Å². The molecule has 2 aliphatic rings. The van der Waals surface area contributed by atoms with E-state index in [1.165, 1.54) is 0 Å². The van der Waals surface area contributed by atoms with E-state index in [1.54, 1.807) is 0 Å². The molecule has 0 bridgehead atoms. The Kier molecular flexibility index (Phi) is 3.09. The Morgan fingerprint density at radius 2 is 2.07 bits per heavy atom. The third kappa shape index (κ3) is 2.22. The normalized spacial score (nSPS) is 32.1. The molecule has 4 heteroatoms. The summed E-state index contributed by atoms with van der Waals surface area (Å²) in [6.45, 7) is 1.29. The third-order valence-electron chi connectivity index (χ3n) is 3.74. The number of likely N-dealkylation sites (tertiary alicyclic amines) is 1. The highest BCUT2D eigenvalue weighted by Crippen LogP contribution is 2.27. The molecular weight excluding hydrogens is 194 g/mol. The third-order valence-corrected chi connectivity index (χ3v) is 3.74. The first-order valence-corrected chi connectivity index (χ1v) is 5.75. The molecule has 4 nitrogen and oxygen atoms in total. The van der Waals surface area contributed by atoms with Gasteiger partial charge in [-0.25, -0.2) is 0 Å². The summed E-state index contributed by atoms with van der Waals surface area (Å²) in [5, 5.41) is 18.9. The molecule has 0 radical (unpaired) electrons. The summed E-state index contributed by atoms with van der Waals surface area (Å²) < 4.78 is 0. The SMILES string of the molecule is O=C1CCCC1N1CCC(O)(CO)CC1. The molecule has 1 saturated carbocycles. The molecule has 86 valence electrons. The molecule has 1 aliphatic heterocycles. The monoisotopic (exact) mass is 213 g/mol. The molecule has 2 rings (SSSR count). The fourth-order valence-corrected chi connectivity index (χ4v) is 2.59. The predicted octanol–water partition coefficient (Wildman–Crippen LogP) is -0.0728. The van der Waals surface area contributed by atoms with Crippen molar-refractivity contribution in [1.82, 2.24) is 4.90 Å². The Hall–Kier alpha value is -0.450. The summed E-state index contributed by atoms with van der Waals surface area (Å²) in [7, 11) is 0. The maximum absolute atomic E-state index is 11.6. The van der Waals surface area contributed by atoms with Crippen molar-refractivity contribution in [2.75, 3.05) is 19.7 Å². The zero-order chi connectivity index (χ0) is 10.9. The minimum Gasteiger partial charge on any atom is -0.393 e. The second-order valence-electron chi connectivity index (χ2n) is 4.79. The molecule has 0 amide bonds. The van der Waals surface area contributed by atoms with E-state index in [-0.39, 0.29) is 12.6 Å². The van der Waals surface area contributed by atoms with Gasteiger partial charge >= 0.3 is 0 Å². The largest absolute Gasteiger partial charge is 0.393 e. The molecule has 0 aromatic rings. The van der Waals surface area contributed by atoms with Gasteiger partial charge in [-0.3, -0.25) is 9.69 Å². The minimum atomic E-state index is -0.905. The number of hydrogen-bond acceptors (Lipinski definition) is 4. The van der Waals surface area contributed by atoms with E-state index < -0.39 is 5.60 Å². The molecule has 1 aliphatic carbocycles. The average Bonchev–Trinajstić information content (AvgIpc) is 2.66. The zero-order valence-corrected chi connectivity index (χ0v) is 8.98. The molecular formula is C11H19NO3. The van der Waals surface area contributed by atoms with Crippen molar-refractivity contribution in [1.29, 1.82) is 0 Å².